The summed E-state index contributed by atoms with van der Waals surface area (Å²) >= 11 is 6.15. The molecule has 26 heavy (non-hydrogen) atoms. The van der Waals surface area contributed by atoms with Crippen molar-refractivity contribution < 1.29 is 4.79 Å². The fourth-order valence-corrected chi connectivity index (χ4v) is 3.19. The molecule has 3 rings (SSSR count). The van der Waals surface area contributed by atoms with E-state index in [4.69, 9.17) is 11.6 Å². The van der Waals surface area contributed by atoms with Crippen molar-refractivity contribution in [2.24, 2.45) is 0 Å². The third kappa shape index (κ3) is 3.70. The van der Waals surface area contributed by atoms with Crippen LogP contribution >= 0.6 is 11.6 Å². The molecule has 0 aliphatic heterocycles. The minimum Gasteiger partial charge on any atom is -0.349 e. The average molecular weight is 372 g/mol. The number of hydrogen-bond donors (Lipinski definition) is 2. The number of para-hydroxylation sites is 1. The molecule has 0 fully saturated rings. The van der Waals surface area contributed by atoms with Gasteiger partial charge in [-0.2, -0.15) is 0 Å². The number of nitrogens with one attached hydrogen (secondary N) is 2. The highest BCUT2D eigenvalue weighted by molar-refractivity contribution is 6.31. The quantitative estimate of drug-likeness (QED) is 0.723. The van der Waals surface area contributed by atoms with Crippen LogP contribution in [0.2, 0.25) is 5.02 Å². The number of carbonyl (C=O) groups excluding carboxylic acids is 1. The Hall–Kier alpha value is -2.86. The number of fused-ring (bicyclic) bond motifs is 1. The Morgan fingerprint density at radius 1 is 1.15 bits per heavy atom. The summed E-state index contributed by atoms with van der Waals surface area (Å²) in [6, 6.07) is 13.9. The second-order valence-electron chi connectivity index (χ2n) is 5.99. The van der Waals surface area contributed by atoms with Gasteiger partial charge in [-0.05, 0) is 30.7 Å². The van der Waals surface area contributed by atoms with Gasteiger partial charge in [-0.15, -0.1) is 0 Å². The zero-order valence-corrected chi connectivity index (χ0v) is 14.9. The number of amides is 1. The number of aryl methyl sites for hydroxylation is 1. The summed E-state index contributed by atoms with van der Waals surface area (Å²) < 4.78 is 1.40. The van der Waals surface area contributed by atoms with E-state index in [1.54, 1.807) is 30.3 Å². The second-order valence-corrected chi connectivity index (χ2v) is 6.40. The number of halogens is 1. The maximum absolute atomic E-state index is 12.3. The molecule has 0 saturated carbocycles. The molecule has 3 aromatic rings. The predicted molar refractivity (Wildman–Crippen MR) is 101 cm³/mol. The Kier molecular flexibility index (Phi) is 5.23. The first-order valence-corrected chi connectivity index (χ1v) is 8.61. The molecule has 134 valence electrons. The van der Waals surface area contributed by atoms with Crippen LogP contribution in [-0.4, -0.2) is 15.5 Å². The molecule has 1 amide bonds. The van der Waals surface area contributed by atoms with Gasteiger partial charge in [0, 0.05) is 18.0 Å². The predicted octanol–water partition coefficient (Wildman–Crippen LogP) is 2.61. The molecule has 0 spiro atoms. The Morgan fingerprint density at radius 2 is 1.85 bits per heavy atom. The molecule has 2 N–H and O–H groups in total. The minimum absolute atomic E-state index is 0.102. The number of aromatic amines is 1. The summed E-state index contributed by atoms with van der Waals surface area (Å²) in [5.74, 6) is -0.209. The number of benzene rings is 2. The van der Waals surface area contributed by atoms with Gasteiger partial charge in [0.2, 0.25) is 5.91 Å². The third-order valence-electron chi connectivity index (χ3n) is 4.22. The lowest BCUT2D eigenvalue weighted by molar-refractivity contribution is -0.121. The Labute approximate surface area is 154 Å². The number of nitrogens with zero attached hydrogens (tertiary/aromatic N) is 1. The monoisotopic (exact) mass is 371 g/mol. The van der Waals surface area contributed by atoms with E-state index in [2.05, 4.69) is 10.3 Å². The van der Waals surface area contributed by atoms with Gasteiger partial charge in [0.15, 0.2) is 0 Å². The van der Waals surface area contributed by atoms with Crippen LogP contribution in [0.25, 0.3) is 10.9 Å². The highest BCUT2D eigenvalue weighted by atomic mass is 35.5. The molecule has 0 aliphatic rings. The average Bonchev–Trinajstić information content (AvgIpc) is 2.61. The van der Waals surface area contributed by atoms with E-state index in [1.807, 2.05) is 25.1 Å². The fraction of sp³-hybridized carbons (Fsp3) is 0.211. The smallest absolute Gasteiger partial charge is 0.328 e. The van der Waals surface area contributed by atoms with E-state index in [9.17, 15) is 14.4 Å². The van der Waals surface area contributed by atoms with Crippen molar-refractivity contribution in [3.8, 4) is 0 Å². The first kappa shape index (κ1) is 17.9. The molecule has 0 aliphatic carbocycles. The van der Waals surface area contributed by atoms with E-state index in [0.29, 0.717) is 15.9 Å². The standard InChI is InChI=1S/C19H18ClN3O3/c1-12(13-6-2-4-8-15(13)20)21-17(24)10-11-23-16-9-5-3-7-14(16)18(25)22-19(23)26/h2-9,12H,10-11H2,1H3,(H,21,24)(H,22,25,26). The molecule has 7 heteroatoms. The zero-order valence-electron chi connectivity index (χ0n) is 14.2. The summed E-state index contributed by atoms with van der Waals surface area (Å²) in [4.78, 5) is 38.5. The first-order valence-electron chi connectivity index (χ1n) is 8.23. The van der Waals surface area contributed by atoms with E-state index in [0.717, 1.165) is 5.56 Å². The van der Waals surface area contributed by atoms with Gasteiger partial charge >= 0.3 is 5.69 Å². The van der Waals surface area contributed by atoms with Crippen molar-refractivity contribution >= 4 is 28.4 Å². The van der Waals surface area contributed by atoms with Crippen molar-refractivity contribution in [3.63, 3.8) is 0 Å². The van der Waals surface area contributed by atoms with Crippen LogP contribution in [0, 0.1) is 0 Å². The van der Waals surface area contributed by atoms with Crippen molar-refractivity contribution in [2.45, 2.75) is 25.9 Å². The van der Waals surface area contributed by atoms with E-state index in [-0.39, 0.29) is 24.9 Å². The number of hydrogen-bond acceptors (Lipinski definition) is 3. The molecule has 1 atom stereocenters. The van der Waals surface area contributed by atoms with Crippen LogP contribution in [0.4, 0.5) is 0 Å². The van der Waals surface area contributed by atoms with E-state index < -0.39 is 11.2 Å². The van der Waals surface area contributed by atoms with Crippen LogP contribution in [-0.2, 0) is 11.3 Å². The number of H-pyrrole nitrogens is 1. The minimum atomic E-state index is -0.527. The van der Waals surface area contributed by atoms with Crippen LogP contribution in [0.5, 0.6) is 0 Å². The summed E-state index contributed by atoms with van der Waals surface area (Å²) in [6.45, 7) is 2.01. The lowest BCUT2D eigenvalue weighted by atomic mass is 10.1. The molecule has 0 bridgehead atoms. The van der Waals surface area contributed by atoms with Crippen LogP contribution in [0.1, 0.15) is 24.9 Å². The lowest BCUT2D eigenvalue weighted by Crippen LogP contribution is -2.33. The largest absolute Gasteiger partial charge is 0.349 e. The Bertz CT molecular complexity index is 1070. The highest BCUT2D eigenvalue weighted by Crippen LogP contribution is 2.22. The molecule has 6 nitrogen and oxygen atoms in total. The molecular formula is C19H18ClN3O3. The zero-order chi connectivity index (χ0) is 18.7. The summed E-state index contributed by atoms with van der Waals surface area (Å²) in [7, 11) is 0. The van der Waals surface area contributed by atoms with Crippen molar-refractivity contribution in [1.82, 2.24) is 14.9 Å². The van der Waals surface area contributed by atoms with Crippen LogP contribution in [0.3, 0.4) is 0 Å². The summed E-state index contributed by atoms with van der Waals surface area (Å²) in [6.07, 6.45) is 0.102. The Balaban J connectivity index is 1.75. The SMILES string of the molecule is CC(NC(=O)CCn1c(=O)[nH]c(=O)c2ccccc21)c1ccccc1Cl. The maximum Gasteiger partial charge on any atom is 0.328 e. The molecule has 0 saturated heterocycles. The lowest BCUT2D eigenvalue weighted by Gasteiger charge is -2.16. The van der Waals surface area contributed by atoms with E-state index in [1.165, 1.54) is 4.57 Å². The molecule has 1 unspecified atom stereocenters. The first-order chi connectivity index (χ1) is 12.5. The molecule has 1 heterocycles. The number of rotatable bonds is 5. The van der Waals surface area contributed by atoms with Gasteiger partial charge in [-0.1, -0.05) is 41.9 Å². The van der Waals surface area contributed by atoms with Gasteiger partial charge in [-0.25, -0.2) is 4.79 Å². The van der Waals surface area contributed by atoms with Crippen molar-refractivity contribution in [3.05, 3.63) is 80.0 Å². The topological polar surface area (TPSA) is 84.0 Å². The molecule has 1 aromatic heterocycles. The van der Waals surface area contributed by atoms with Gasteiger partial charge in [-0.3, -0.25) is 19.1 Å². The van der Waals surface area contributed by atoms with E-state index >= 15 is 0 Å². The van der Waals surface area contributed by atoms with Crippen LogP contribution in [0.15, 0.2) is 58.1 Å². The number of carbonyl (C=O) groups is 1. The fourth-order valence-electron chi connectivity index (χ4n) is 2.90. The normalized spacial score (nSPS) is 12.1. The molecule has 2 aromatic carbocycles. The van der Waals surface area contributed by atoms with Crippen molar-refractivity contribution in [1.29, 1.82) is 0 Å². The van der Waals surface area contributed by atoms with Crippen LogP contribution < -0.4 is 16.6 Å². The van der Waals surface area contributed by atoms with Gasteiger partial charge in [0.05, 0.1) is 16.9 Å². The molecule has 0 radical (unpaired) electrons. The second kappa shape index (κ2) is 7.58. The van der Waals surface area contributed by atoms with Gasteiger partial charge in [0.25, 0.3) is 5.56 Å². The summed E-state index contributed by atoms with van der Waals surface area (Å²) in [5, 5.41) is 3.88. The maximum atomic E-state index is 12.3. The summed E-state index contributed by atoms with van der Waals surface area (Å²) in [5.41, 5.74) is 0.377. The third-order valence-corrected chi connectivity index (χ3v) is 4.56. The van der Waals surface area contributed by atoms with Gasteiger partial charge in [0.1, 0.15) is 0 Å². The molecular weight excluding hydrogens is 354 g/mol. The Morgan fingerprint density at radius 3 is 2.62 bits per heavy atom. The van der Waals surface area contributed by atoms with Crippen molar-refractivity contribution in [2.75, 3.05) is 0 Å². The number of aromatic nitrogens is 2. The highest BCUT2D eigenvalue weighted by Gasteiger charge is 2.13. The van der Waals surface area contributed by atoms with Gasteiger partial charge < -0.3 is 5.32 Å².